The Morgan fingerprint density at radius 2 is 2.13 bits per heavy atom. The molecule has 1 aromatic heterocycles. The van der Waals surface area contributed by atoms with Crippen molar-refractivity contribution in [2.75, 3.05) is 6.61 Å². The number of aryl methyl sites for hydroxylation is 1. The normalized spacial score (nSPS) is 25.3. The van der Waals surface area contributed by atoms with E-state index in [4.69, 9.17) is 4.74 Å². The molecule has 0 saturated carbocycles. The number of hydrogen-bond donors (Lipinski definition) is 0. The van der Waals surface area contributed by atoms with Crippen LogP contribution in [0.25, 0.3) is 0 Å². The van der Waals surface area contributed by atoms with Gasteiger partial charge in [-0.1, -0.05) is 26.8 Å². The fraction of sp³-hybridized carbons (Fsp3) is 0.615. The van der Waals surface area contributed by atoms with Crippen LogP contribution in [0.1, 0.15) is 32.0 Å². The SMILES string of the molecule is Cc1ncccc1CC1(C(C)(C)C)CO1. The van der Waals surface area contributed by atoms with Crippen molar-refractivity contribution in [3.63, 3.8) is 0 Å². The van der Waals surface area contributed by atoms with Gasteiger partial charge in [-0.2, -0.15) is 0 Å². The number of aromatic nitrogens is 1. The maximum Gasteiger partial charge on any atom is 0.100 e. The molecule has 0 radical (unpaired) electrons. The molecule has 82 valence electrons. The molecule has 0 amide bonds. The zero-order chi connectivity index (χ0) is 11.1. The fourth-order valence-electron chi connectivity index (χ4n) is 1.90. The molecule has 0 bridgehead atoms. The maximum absolute atomic E-state index is 5.69. The van der Waals surface area contributed by atoms with Crippen molar-refractivity contribution >= 4 is 0 Å². The molecule has 1 atom stereocenters. The first-order valence-corrected chi connectivity index (χ1v) is 5.49. The van der Waals surface area contributed by atoms with Crippen LogP contribution in [0.5, 0.6) is 0 Å². The van der Waals surface area contributed by atoms with Crippen molar-refractivity contribution in [3.05, 3.63) is 29.6 Å². The van der Waals surface area contributed by atoms with Crippen LogP contribution in [0.3, 0.4) is 0 Å². The maximum atomic E-state index is 5.69. The molecule has 2 heteroatoms. The molecule has 2 rings (SSSR count). The smallest absolute Gasteiger partial charge is 0.100 e. The summed E-state index contributed by atoms with van der Waals surface area (Å²) in [5.41, 5.74) is 2.68. The zero-order valence-electron chi connectivity index (χ0n) is 10.0. The van der Waals surface area contributed by atoms with E-state index in [0.29, 0.717) is 0 Å². The second kappa shape index (κ2) is 3.31. The zero-order valence-corrected chi connectivity index (χ0v) is 10.0. The van der Waals surface area contributed by atoms with Crippen molar-refractivity contribution in [3.8, 4) is 0 Å². The summed E-state index contributed by atoms with van der Waals surface area (Å²) < 4.78 is 5.69. The average Bonchev–Trinajstić information content (AvgIpc) is 2.89. The van der Waals surface area contributed by atoms with Gasteiger partial charge in [0.25, 0.3) is 0 Å². The third kappa shape index (κ3) is 1.91. The van der Waals surface area contributed by atoms with Crippen molar-refractivity contribution in [2.45, 2.75) is 39.7 Å². The van der Waals surface area contributed by atoms with Gasteiger partial charge in [-0.3, -0.25) is 4.98 Å². The summed E-state index contributed by atoms with van der Waals surface area (Å²) in [5.74, 6) is 0. The number of pyridine rings is 1. The standard InChI is InChI=1S/C13H19NO/c1-10-11(6-5-7-14-10)8-13(9-15-13)12(2,3)4/h5-7H,8-9H2,1-4H3. The first-order valence-electron chi connectivity index (χ1n) is 5.49. The van der Waals surface area contributed by atoms with Gasteiger partial charge in [0.05, 0.1) is 6.61 Å². The van der Waals surface area contributed by atoms with E-state index in [-0.39, 0.29) is 11.0 Å². The third-order valence-electron chi connectivity index (χ3n) is 3.45. The van der Waals surface area contributed by atoms with Crippen LogP contribution in [0.2, 0.25) is 0 Å². The molecule has 0 N–H and O–H groups in total. The first kappa shape index (κ1) is 10.6. The summed E-state index contributed by atoms with van der Waals surface area (Å²) in [6, 6.07) is 4.15. The Kier molecular flexibility index (Phi) is 2.34. The van der Waals surface area contributed by atoms with Gasteiger partial charge in [0, 0.05) is 18.3 Å². The lowest BCUT2D eigenvalue weighted by Crippen LogP contribution is -2.32. The summed E-state index contributed by atoms with van der Waals surface area (Å²) in [4.78, 5) is 4.32. The predicted octanol–water partition coefficient (Wildman–Crippen LogP) is 2.75. The molecule has 0 spiro atoms. The van der Waals surface area contributed by atoms with Crippen molar-refractivity contribution in [1.82, 2.24) is 4.98 Å². The largest absolute Gasteiger partial charge is 0.369 e. The minimum absolute atomic E-state index is 0.0425. The van der Waals surface area contributed by atoms with Gasteiger partial charge in [-0.05, 0) is 24.0 Å². The van der Waals surface area contributed by atoms with E-state index in [1.165, 1.54) is 5.56 Å². The van der Waals surface area contributed by atoms with Crippen molar-refractivity contribution in [1.29, 1.82) is 0 Å². The molecule has 0 aromatic carbocycles. The van der Waals surface area contributed by atoms with Gasteiger partial charge in [0.2, 0.25) is 0 Å². The minimum Gasteiger partial charge on any atom is -0.369 e. The number of nitrogens with zero attached hydrogens (tertiary/aromatic N) is 1. The van der Waals surface area contributed by atoms with Gasteiger partial charge in [-0.15, -0.1) is 0 Å². The Balaban J connectivity index is 2.20. The summed E-state index contributed by atoms with van der Waals surface area (Å²) in [6.07, 6.45) is 2.83. The first-order chi connectivity index (χ1) is 6.95. The van der Waals surface area contributed by atoms with Crippen LogP contribution in [0, 0.1) is 12.3 Å². The molecule has 0 aliphatic carbocycles. The second-order valence-corrected chi connectivity index (χ2v) is 5.46. The second-order valence-electron chi connectivity index (χ2n) is 5.46. The topological polar surface area (TPSA) is 25.4 Å². The Morgan fingerprint density at radius 3 is 2.60 bits per heavy atom. The highest BCUT2D eigenvalue weighted by Crippen LogP contribution is 2.46. The lowest BCUT2D eigenvalue weighted by Gasteiger charge is -2.27. The van der Waals surface area contributed by atoms with E-state index < -0.39 is 0 Å². The Morgan fingerprint density at radius 1 is 1.47 bits per heavy atom. The van der Waals surface area contributed by atoms with E-state index in [1.54, 1.807) is 0 Å². The molecular formula is C13H19NO. The summed E-state index contributed by atoms with van der Waals surface area (Å²) in [6.45, 7) is 9.67. The van der Waals surface area contributed by atoms with Gasteiger partial charge in [0.1, 0.15) is 5.60 Å². The molecule has 1 fully saturated rings. The summed E-state index contributed by atoms with van der Waals surface area (Å²) in [7, 11) is 0. The van der Waals surface area contributed by atoms with E-state index in [1.807, 2.05) is 12.3 Å². The Bertz CT molecular complexity index is 361. The lowest BCUT2D eigenvalue weighted by molar-refractivity contribution is 0.154. The van der Waals surface area contributed by atoms with Gasteiger partial charge >= 0.3 is 0 Å². The van der Waals surface area contributed by atoms with E-state index in [0.717, 1.165) is 18.7 Å². The molecule has 1 aliphatic rings. The van der Waals surface area contributed by atoms with Crippen LogP contribution >= 0.6 is 0 Å². The molecule has 1 aliphatic heterocycles. The van der Waals surface area contributed by atoms with Crippen LogP contribution in [0.15, 0.2) is 18.3 Å². The highest BCUT2D eigenvalue weighted by molar-refractivity contribution is 5.23. The summed E-state index contributed by atoms with van der Waals surface area (Å²) >= 11 is 0. The Hall–Kier alpha value is -0.890. The Labute approximate surface area is 91.7 Å². The number of rotatable bonds is 2. The minimum atomic E-state index is 0.0425. The van der Waals surface area contributed by atoms with Crippen LogP contribution in [-0.4, -0.2) is 17.2 Å². The number of hydrogen-bond acceptors (Lipinski definition) is 2. The van der Waals surface area contributed by atoms with Crippen LogP contribution in [-0.2, 0) is 11.2 Å². The predicted molar refractivity (Wildman–Crippen MR) is 60.8 cm³/mol. The van der Waals surface area contributed by atoms with Crippen molar-refractivity contribution < 1.29 is 4.74 Å². The van der Waals surface area contributed by atoms with E-state index in [2.05, 4.69) is 38.7 Å². The highest BCUT2D eigenvalue weighted by Gasteiger charge is 2.54. The molecule has 2 heterocycles. The quantitative estimate of drug-likeness (QED) is 0.694. The molecule has 2 nitrogen and oxygen atoms in total. The van der Waals surface area contributed by atoms with Crippen LogP contribution in [0.4, 0.5) is 0 Å². The van der Waals surface area contributed by atoms with Gasteiger partial charge < -0.3 is 4.74 Å². The van der Waals surface area contributed by atoms with Gasteiger partial charge in [0.15, 0.2) is 0 Å². The molecule has 1 aromatic rings. The lowest BCUT2D eigenvalue weighted by atomic mass is 9.77. The molecule has 1 saturated heterocycles. The molecular weight excluding hydrogens is 186 g/mol. The fourth-order valence-corrected chi connectivity index (χ4v) is 1.90. The molecule has 1 unspecified atom stereocenters. The number of ether oxygens (including phenoxy) is 1. The highest BCUT2D eigenvalue weighted by atomic mass is 16.6. The van der Waals surface area contributed by atoms with Crippen molar-refractivity contribution in [2.24, 2.45) is 5.41 Å². The van der Waals surface area contributed by atoms with E-state index >= 15 is 0 Å². The van der Waals surface area contributed by atoms with Crippen LogP contribution < -0.4 is 0 Å². The average molecular weight is 205 g/mol. The third-order valence-corrected chi connectivity index (χ3v) is 3.45. The summed E-state index contributed by atoms with van der Waals surface area (Å²) in [5, 5.41) is 0. The monoisotopic (exact) mass is 205 g/mol. The number of epoxide rings is 1. The van der Waals surface area contributed by atoms with Gasteiger partial charge in [-0.25, -0.2) is 0 Å². The van der Waals surface area contributed by atoms with E-state index in [9.17, 15) is 0 Å². The molecule has 15 heavy (non-hydrogen) atoms.